The van der Waals surface area contributed by atoms with Gasteiger partial charge in [0.05, 0.1) is 23.3 Å². The third-order valence-corrected chi connectivity index (χ3v) is 4.44. The summed E-state index contributed by atoms with van der Waals surface area (Å²) in [5.41, 5.74) is 3.68. The van der Waals surface area contributed by atoms with Gasteiger partial charge in [0.15, 0.2) is 0 Å². The number of nitriles is 2. The Kier molecular flexibility index (Phi) is 6.05. The fourth-order valence-electron chi connectivity index (χ4n) is 2.54. The van der Waals surface area contributed by atoms with Crippen LogP contribution >= 0.6 is 15.9 Å². The Morgan fingerprint density at radius 2 is 1.74 bits per heavy atom. The van der Waals surface area contributed by atoms with E-state index in [4.69, 9.17) is 10.00 Å². The van der Waals surface area contributed by atoms with E-state index in [9.17, 15) is 5.26 Å². The molecule has 0 aliphatic carbocycles. The van der Waals surface area contributed by atoms with Crippen LogP contribution in [0.3, 0.4) is 0 Å². The van der Waals surface area contributed by atoms with Gasteiger partial charge < -0.3 is 4.74 Å². The van der Waals surface area contributed by atoms with E-state index in [0.29, 0.717) is 17.7 Å². The number of nitrogens with zero attached hydrogens (tertiary/aromatic N) is 2. The van der Waals surface area contributed by atoms with Crippen molar-refractivity contribution in [3.8, 4) is 17.9 Å². The number of benzene rings is 3. The highest BCUT2D eigenvalue weighted by Crippen LogP contribution is 2.22. The zero-order chi connectivity index (χ0) is 19.1. The predicted octanol–water partition coefficient (Wildman–Crippen LogP) is 5.96. The molecule has 0 saturated heterocycles. The molecule has 130 valence electrons. The first-order valence-corrected chi connectivity index (χ1v) is 9.07. The minimum absolute atomic E-state index is 0.468. The minimum Gasteiger partial charge on any atom is -0.489 e. The fraction of sp³-hybridized carbons (Fsp3) is 0.0435. The fourth-order valence-corrected chi connectivity index (χ4v) is 2.81. The maximum atomic E-state index is 9.51. The molecule has 3 rings (SSSR count). The molecule has 0 unspecified atom stereocenters. The molecule has 0 amide bonds. The Labute approximate surface area is 166 Å². The van der Waals surface area contributed by atoms with Gasteiger partial charge in [0, 0.05) is 4.47 Å². The number of hydrogen-bond acceptors (Lipinski definition) is 3. The van der Waals surface area contributed by atoms with Crippen LogP contribution in [0.25, 0.3) is 11.6 Å². The molecule has 0 aromatic heterocycles. The molecule has 0 fully saturated rings. The Balaban J connectivity index is 1.79. The van der Waals surface area contributed by atoms with E-state index in [1.807, 2.05) is 54.6 Å². The van der Waals surface area contributed by atoms with Crippen LogP contribution in [0.2, 0.25) is 0 Å². The van der Waals surface area contributed by atoms with E-state index < -0.39 is 0 Å². The van der Waals surface area contributed by atoms with Crippen molar-refractivity contribution in [3.63, 3.8) is 0 Å². The first-order chi connectivity index (χ1) is 13.2. The van der Waals surface area contributed by atoms with Crippen molar-refractivity contribution in [2.24, 2.45) is 0 Å². The van der Waals surface area contributed by atoms with Gasteiger partial charge in [0.25, 0.3) is 0 Å². The molecule has 0 radical (unpaired) electrons. The maximum Gasteiger partial charge on any atom is 0.120 e. The summed E-state index contributed by atoms with van der Waals surface area (Å²) in [5.74, 6) is 0.731. The van der Waals surface area contributed by atoms with Crippen LogP contribution in [0.1, 0.15) is 22.3 Å². The summed E-state index contributed by atoms with van der Waals surface area (Å²) >= 11 is 3.42. The van der Waals surface area contributed by atoms with E-state index in [-0.39, 0.29) is 0 Å². The average molecular weight is 415 g/mol. The van der Waals surface area contributed by atoms with E-state index in [1.54, 1.807) is 24.3 Å². The zero-order valence-electron chi connectivity index (χ0n) is 14.4. The van der Waals surface area contributed by atoms with Gasteiger partial charge in [0.1, 0.15) is 12.4 Å². The average Bonchev–Trinajstić information content (AvgIpc) is 2.72. The lowest BCUT2D eigenvalue weighted by molar-refractivity contribution is 0.306. The highest BCUT2D eigenvalue weighted by atomic mass is 79.9. The van der Waals surface area contributed by atoms with Crippen LogP contribution < -0.4 is 4.74 Å². The molecule has 0 N–H and O–H groups in total. The van der Waals surface area contributed by atoms with Crippen LogP contribution in [0.15, 0.2) is 77.3 Å². The highest BCUT2D eigenvalue weighted by Gasteiger charge is 2.04. The third-order valence-electron chi connectivity index (χ3n) is 3.91. The van der Waals surface area contributed by atoms with E-state index in [1.165, 1.54) is 0 Å². The van der Waals surface area contributed by atoms with Gasteiger partial charge >= 0.3 is 0 Å². The molecule has 0 spiro atoms. The van der Waals surface area contributed by atoms with Crippen molar-refractivity contribution < 1.29 is 4.74 Å². The van der Waals surface area contributed by atoms with E-state index >= 15 is 0 Å². The molecule has 3 aromatic carbocycles. The van der Waals surface area contributed by atoms with Crippen molar-refractivity contribution in [2.45, 2.75) is 6.61 Å². The summed E-state index contributed by atoms with van der Waals surface area (Å²) in [7, 11) is 0. The summed E-state index contributed by atoms with van der Waals surface area (Å²) in [6, 6.07) is 26.9. The Morgan fingerprint density at radius 3 is 2.48 bits per heavy atom. The van der Waals surface area contributed by atoms with Crippen LogP contribution in [0, 0.1) is 22.7 Å². The van der Waals surface area contributed by atoms with Gasteiger partial charge in [-0.05, 0) is 59.2 Å². The molecule has 0 aliphatic rings. The molecule has 0 atom stereocenters. The molecule has 0 aliphatic heterocycles. The lowest BCUT2D eigenvalue weighted by Gasteiger charge is -2.07. The van der Waals surface area contributed by atoms with Crippen LogP contribution in [-0.4, -0.2) is 0 Å². The standard InChI is InChI=1S/C23H15BrN2O/c24-22-9-7-17(8-10-22)16-27-23-6-2-3-18(13-23)11-21(15-26)20-5-1-4-19(12-20)14-25/h1-13H,16H2/b21-11-. The lowest BCUT2D eigenvalue weighted by Crippen LogP contribution is -1.95. The molecule has 4 heteroatoms. The molecule has 3 nitrogen and oxygen atoms in total. The lowest BCUT2D eigenvalue weighted by atomic mass is 10.0. The maximum absolute atomic E-state index is 9.51. The molecule has 0 saturated carbocycles. The van der Waals surface area contributed by atoms with Gasteiger partial charge in [-0.25, -0.2) is 0 Å². The van der Waals surface area contributed by atoms with Gasteiger partial charge in [-0.2, -0.15) is 10.5 Å². The summed E-state index contributed by atoms with van der Waals surface area (Å²) in [6.07, 6.45) is 1.79. The topological polar surface area (TPSA) is 56.8 Å². The highest BCUT2D eigenvalue weighted by molar-refractivity contribution is 9.10. The first kappa shape index (κ1) is 18.5. The van der Waals surface area contributed by atoms with Gasteiger partial charge in [-0.15, -0.1) is 0 Å². The molecule has 0 heterocycles. The minimum atomic E-state index is 0.468. The second-order valence-corrected chi connectivity index (χ2v) is 6.77. The molecule has 27 heavy (non-hydrogen) atoms. The third kappa shape index (κ3) is 5.07. The van der Waals surface area contributed by atoms with Crippen molar-refractivity contribution in [1.82, 2.24) is 0 Å². The molecule has 3 aromatic rings. The Bertz CT molecular complexity index is 1060. The second-order valence-electron chi connectivity index (χ2n) is 5.85. The van der Waals surface area contributed by atoms with Crippen LogP contribution in [0.5, 0.6) is 5.75 Å². The zero-order valence-corrected chi connectivity index (χ0v) is 16.0. The quantitative estimate of drug-likeness (QED) is 0.381. The van der Waals surface area contributed by atoms with Crippen molar-refractivity contribution >= 4 is 27.6 Å². The monoisotopic (exact) mass is 414 g/mol. The number of hydrogen-bond donors (Lipinski definition) is 0. The number of rotatable bonds is 5. The number of halogens is 1. The largest absolute Gasteiger partial charge is 0.489 e. The summed E-state index contributed by atoms with van der Waals surface area (Å²) in [4.78, 5) is 0. The summed E-state index contributed by atoms with van der Waals surface area (Å²) in [6.45, 7) is 0.468. The summed E-state index contributed by atoms with van der Waals surface area (Å²) in [5, 5.41) is 18.6. The van der Waals surface area contributed by atoms with E-state index in [2.05, 4.69) is 28.1 Å². The number of ether oxygens (including phenoxy) is 1. The van der Waals surface area contributed by atoms with Crippen LogP contribution in [-0.2, 0) is 6.61 Å². The number of allylic oxidation sites excluding steroid dienone is 1. The Hall–Kier alpha value is -3.34. The van der Waals surface area contributed by atoms with Crippen LogP contribution in [0.4, 0.5) is 0 Å². The molecular weight excluding hydrogens is 400 g/mol. The smallest absolute Gasteiger partial charge is 0.120 e. The second kappa shape index (κ2) is 8.85. The van der Waals surface area contributed by atoms with Gasteiger partial charge in [0.2, 0.25) is 0 Å². The Morgan fingerprint density at radius 1 is 0.963 bits per heavy atom. The van der Waals surface area contributed by atoms with E-state index in [0.717, 1.165) is 26.9 Å². The van der Waals surface area contributed by atoms with Gasteiger partial charge in [-0.1, -0.05) is 52.3 Å². The molecule has 0 bridgehead atoms. The van der Waals surface area contributed by atoms with Crippen molar-refractivity contribution in [2.75, 3.05) is 0 Å². The first-order valence-electron chi connectivity index (χ1n) is 8.27. The summed E-state index contributed by atoms with van der Waals surface area (Å²) < 4.78 is 6.89. The predicted molar refractivity (Wildman–Crippen MR) is 110 cm³/mol. The van der Waals surface area contributed by atoms with Crippen molar-refractivity contribution in [3.05, 3.63) is 99.5 Å². The SMILES string of the molecule is N#C/C(=C/c1cccc(OCc2ccc(Br)cc2)c1)c1cccc(C#N)c1. The molecular formula is C23H15BrN2O. The van der Waals surface area contributed by atoms with Crippen molar-refractivity contribution in [1.29, 1.82) is 10.5 Å². The van der Waals surface area contributed by atoms with Gasteiger partial charge in [-0.3, -0.25) is 0 Å². The normalized spacial score (nSPS) is 10.7.